The zero-order chi connectivity index (χ0) is 16.1. The SMILES string of the molecule is CC(=O)OCC(=O)c1ccccc1-c1ccc(C(C)Br)cc1. The number of rotatable bonds is 5. The van der Waals surface area contributed by atoms with E-state index in [1.165, 1.54) is 12.5 Å². The summed E-state index contributed by atoms with van der Waals surface area (Å²) in [5, 5.41) is 0. The Labute approximate surface area is 138 Å². The first-order valence-corrected chi connectivity index (χ1v) is 7.90. The van der Waals surface area contributed by atoms with E-state index >= 15 is 0 Å². The second kappa shape index (κ2) is 7.36. The van der Waals surface area contributed by atoms with Crippen molar-refractivity contribution < 1.29 is 14.3 Å². The van der Waals surface area contributed by atoms with E-state index in [0.29, 0.717) is 5.56 Å². The molecule has 22 heavy (non-hydrogen) atoms. The summed E-state index contributed by atoms with van der Waals surface area (Å²) in [6, 6.07) is 15.4. The van der Waals surface area contributed by atoms with Crippen LogP contribution in [0.3, 0.4) is 0 Å². The minimum Gasteiger partial charge on any atom is -0.457 e. The van der Waals surface area contributed by atoms with Crippen molar-refractivity contribution in [3.63, 3.8) is 0 Å². The van der Waals surface area contributed by atoms with E-state index in [4.69, 9.17) is 4.74 Å². The van der Waals surface area contributed by atoms with Gasteiger partial charge in [-0.15, -0.1) is 0 Å². The van der Waals surface area contributed by atoms with Crippen LogP contribution in [0, 0.1) is 0 Å². The number of hydrogen-bond donors (Lipinski definition) is 0. The highest BCUT2D eigenvalue weighted by Gasteiger charge is 2.13. The molecule has 0 saturated carbocycles. The maximum atomic E-state index is 12.2. The number of ketones is 1. The molecule has 0 aliphatic heterocycles. The predicted octanol–water partition coefficient (Wildman–Crippen LogP) is 4.56. The normalized spacial score (nSPS) is 11.8. The average Bonchev–Trinajstić information content (AvgIpc) is 2.52. The molecule has 3 nitrogen and oxygen atoms in total. The minimum absolute atomic E-state index is 0.205. The smallest absolute Gasteiger partial charge is 0.303 e. The van der Waals surface area contributed by atoms with Crippen molar-refractivity contribution in [1.29, 1.82) is 0 Å². The van der Waals surface area contributed by atoms with Crippen LogP contribution in [0.4, 0.5) is 0 Å². The molecule has 114 valence electrons. The number of hydrogen-bond acceptors (Lipinski definition) is 3. The predicted molar refractivity (Wildman–Crippen MR) is 90.2 cm³/mol. The fraction of sp³-hybridized carbons (Fsp3) is 0.222. The third-order valence-corrected chi connectivity index (χ3v) is 3.84. The molecule has 0 fully saturated rings. The summed E-state index contributed by atoms with van der Waals surface area (Å²) in [7, 11) is 0. The van der Waals surface area contributed by atoms with Gasteiger partial charge in [-0.3, -0.25) is 9.59 Å². The first-order chi connectivity index (χ1) is 10.5. The Balaban J connectivity index is 2.31. The van der Waals surface area contributed by atoms with Gasteiger partial charge in [0.25, 0.3) is 0 Å². The molecule has 2 aromatic carbocycles. The third kappa shape index (κ3) is 4.04. The van der Waals surface area contributed by atoms with Crippen LogP contribution < -0.4 is 0 Å². The Bertz CT molecular complexity index is 675. The molecule has 0 spiro atoms. The van der Waals surface area contributed by atoms with Crippen LogP contribution in [0.1, 0.15) is 34.6 Å². The summed E-state index contributed by atoms with van der Waals surface area (Å²) in [5.74, 6) is -0.662. The summed E-state index contributed by atoms with van der Waals surface area (Å²) in [6.07, 6.45) is 0. The van der Waals surface area contributed by atoms with Crippen LogP contribution >= 0.6 is 15.9 Å². The molecule has 0 amide bonds. The molecule has 0 aliphatic rings. The number of benzene rings is 2. The summed E-state index contributed by atoms with van der Waals surface area (Å²) in [4.78, 5) is 23.4. The Morgan fingerprint density at radius 2 is 1.73 bits per heavy atom. The molecular weight excluding hydrogens is 344 g/mol. The van der Waals surface area contributed by atoms with E-state index in [2.05, 4.69) is 22.9 Å². The number of ether oxygens (including phenoxy) is 1. The molecule has 1 atom stereocenters. The van der Waals surface area contributed by atoms with Crippen LogP contribution in [0.15, 0.2) is 48.5 Å². The van der Waals surface area contributed by atoms with Gasteiger partial charge < -0.3 is 4.74 Å². The van der Waals surface area contributed by atoms with Crippen LogP contribution in [-0.2, 0) is 9.53 Å². The number of carbonyl (C=O) groups is 2. The molecule has 4 heteroatoms. The topological polar surface area (TPSA) is 43.4 Å². The Kier molecular flexibility index (Phi) is 5.50. The van der Waals surface area contributed by atoms with Crippen molar-refractivity contribution in [3.05, 3.63) is 59.7 Å². The maximum Gasteiger partial charge on any atom is 0.303 e. The van der Waals surface area contributed by atoms with Crippen molar-refractivity contribution in [3.8, 4) is 11.1 Å². The van der Waals surface area contributed by atoms with E-state index in [9.17, 15) is 9.59 Å². The van der Waals surface area contributed by atoms with Gasteiger partial charge in [0.05, 0.1) is 0 Å². The van der Waals surface area contributed by atoms with E-state index in [1.807, 2.05) is 36.4 Å². The minimum atomic E-state index is -0.457. The quantitative estimate of drug-likeness (QED) is 0.446. The molecule has 0 aromatic heterocycles. The largest absolute Gasteiger partial charge is 0.457 e. The number of halogens is 1. The van der Waals surface area contributed by atoms with Gasteiger partial charge in [0.1, 0.15) is 0 Å². The monoisotopic (exact) mass is 360 g/mol. The number of esters is 1. The molecule has 1 unspecified atom stereocenters. The van der Waals surface area contributed by atoms with Gasteiger partial charge in [-0.1, -0.05) is 64.5 Å². The standard InChI is InChI=1S/C18H17BrO3/c1-12(19)14-7-9-15(10-8-14)16-5-3-4-6-17(16)18(21)11-22-13(2)20/h3-10,12H,11H2,1-2H3. The van der Waals surface area contributed by atoms with E-state index in [-0.39, 0.29) is 17.2 Å². The van der Waals surface area contributed by atoms with E-state index in [0.717, 1.165) is 11.1 Å². The van der Waals surface area contributed by atoms with E-state index in [1.54, 1.807) is 12.1 Å². The maximum absolute atomic E-state index is 12.2. The lowest BCUT2D eigenvalue weighted by atomic mass is 9.96. The Hall–Kier alpha value is -1.94. The van der Waals surface area contributed by atoms with Gasteiger partial charge in [0.15, 0.2) is 6.61 Å². The second-order valence-corrected chi connectivity index (χ2v) is 6.36. The fourth-order valence-corrected chi connectivity index (χ4v) is 2.46. The number of Topliss-reactive ketones (excluding diaryl/α,β-unsaturated/α-hetero) is 1. The highest BCUT2D eigenvalue weighted by Crippen LogP contribution is 2.28. The lowest BCUT2D eigenvalue weighted by Crippen LogP contribution is -2.12. The summed E-state index contributed by atoms with van der Waals surface area (Å²) in [5.41, 5.74) is 3.54. The zero-order valence-electron chi connectivity index (χ0n) is 12.5. The van der Waals surface area contributed by atoms with Crippen LogP contribution in [0.25, 0.3) is 11.1 Å². The number of carbonyl (C=O) groups excluding carboxylic acids is 2. The molecular formula is C18H17BrO3. The van der Waals surface area contributed by atoms with Crippen LogP contribution in [-0.4, -0.2) is 18.4 Å². The van der Waals surface area contributed by atoms with Crippen LogP contribution in [0.5, 0.6) is 0 Å². The molecule has 0 N–H and O–H groups in total. The highest BCUT2D eigenvalue weighted by molar-refractivity contribution is 9.09. The summed E-state index contributed by atoms with van der Waals surface area (Å²) >= 11 is 3.53. The third-order valence-electron chi connectivity index (χ3n) is 3.32. The van der Waals surface area contributed by atoms with Crippen molar-refractivity contribution >= 4 is 27.7 Å². The Morgan fingerprint density at radius 1 is 1.09 bits per heavy atom. The molecule has 2 rings (SSSR count). The lowest BCUT2D eigenvalue weighted by Gasteiger charge is -2.10. The summed E-state index contributed by atoms with van der Waals surface area (Å²) < 4.78 is 4.80. The average molecular weight is 361 g/mol. The first kappa shape index (κ1) is 16.4. The Morgan fingerprint density at radius 3 is 2.32 bits per heavy atom. The number of alkyl halides is 1. The lowest BCUT2D eigenvalue weighted by molar-refractivity contribution is -0.139. The van der Waals surface area contributed by atoms with Crippen LogP contribution in [0.2, 0.25) is 0 Å². The van der Waals surface area contributed by atoms with Gasteiger partial charge >= 0.3 is 5.97 Å². The second-order valence-electron chi connectivity index (χ2n) is 4.99. The van der Waals surface area contributed by atoms with E-state index < -0.39 is 5.97 Å². The zero-order valence-corrected chi connectivity index (χ0v) is 14.1. The molecule has 0 aliphatic carbocycles. The van der Waals surface area contributed by atoms with Gasteiger partial charge in [-0.25, -0.2) is 0 Å². The van der Waals surface area contributed by atoms with Gasteiger partial charge in [0, 0.05) is 17.3 Å². The van der Waals surface area contributed by atoms with Crippen molar-refractivity contribution in [1.82, 2.24) is 0 Å². The molecule has 0 heterocycles. The van der Waals surface area contributed by atoms with Crippen molar-refractivity contribution in [2.75, 3.05) is 6.61 Å². The van der Waals surface area contributed by atoms with Gasteiger partial charge in [0.2, 0.25) is 5.78 Å². The molecule has 0 saturated heterocycles. The van der Waals surface area contributed by atoms with Crippen molar-refractivity contribution in [2.24, 2.45) is 0 Å². The highest BCUT2D eigenvalue weighted by atomic mass is 79.9. The molecule has 2 aromatic rings. The fourth-order valence-electron chi connectivity index (χ4n) is 2.15. The first-order valence-electron chi connectivity index (χ1n) is 6.99. The molecule has 0 radical (unpaired) electrons. The van der Waals surface area contributed by atoms with Crippen molar-refractivity contribution in [2.45, 2.75) is 18.7 Å². The summed E-state index contributed by atoms with van der Waals surface area (Å²) in [6.45, 7) is 3.12. The van der Waals surface area contributed by atoms with Gasteiger partial charge in [-0.2, -0.15) is 0 Å². The molecule has 0 bridgehead atoms. The van der Waals surface area contributed by atoms with Gasteiger partial charge in [-0.05, 0) is 23.6 Å².